The molecule has 3 unspecified atom stereocenters. The molecule has 1 fully saturated rings. The Morgan fingerprint density at radius 3 is 2.43 bits per heavy atom. The molecule has 3 atom stereocenters. The van der Waals surface area contributed by atoms with Gasteiger partial charge in [0.25, 0.3) is 0 Å². The van der Waals surface area contributed by atoms with Crippen molar-refractivity contribution in [3.8, 4) is 0 Å². The summed E-state index contributed by atoms with van der Waals surface area (Å²) in [6, 6.07) is 5.75. The Morgan fingerprint density at radius 1 is 1.19 bits per heavy atom. The zero-order valence-corrected chi connectivity index (χ0v) is 12.8. The highest BCUT2D eigenvalue weighted by Crippen LogP contribution is 2.39. The summed E-state index contributed by atoms with van der Waals surface area (Å²) in [4.78, 5) is 23.8. The Bertz CT molecular complexity index is 553. The normalized spacial score (nSPS) is 24.8. The second-order valence-electron chi connectivity index (χ2n) is 6.09. The van der Waals surface area contributed by atoms with Crippen LogP contribution in [0.25, 0.3) is 0 Å². The average Bonchev–Trinajstić information content (AvgIpc) is 2.87. The van der Waals surface area contributed by atoms with Crippen LogP contribution in [0.5, 0.6) is 0 Å². The zero-order chi connectivity index (χ0) is 15.6. The van der Waals surface area contributed by atoms with Gasteiger partial charge in [0.1, 0.15) is 0 Å². The van der Waals surface area contributed by atoms with Crippen LogP contribution in [-0.4, -0.2) is 17.0 Å². The summed E-state index contributed by atoms with van der Waals surface area (Å²) in [6.45, 7) is 6.06. The third kappa shape index (κ3) is 3.43. The summed E-state index contributed by atoms with van der Waals surface area (Å²) >= 11 is 0. The van der Waals surface area contributed by atoms with E-state index in [0.29, 0.717) is 18.8 Å². The molecule has 0 radical (unpaired) electrons. The number of carboxylic acids is 1. The number of carbonyl (C=O) groups is 2. The lowest BCUT2D eigenvalue weighted by atomic mass is 9.95. The van der Waals surface area contributed by atoms with Crippen LogP contribution in [0.1, 0.15) is 37.3 Å². The van der Waals surface area contributed by atoms with Crippen molar-refractivity contribution in [2.75, 3.05) is 5.32 Å². The van der Waals surface area contributed by atoms with Crippen LogP contribution in [0.15, 0.2) is 18.2 Å². The molecule has 0 aromatic heterocycles. The van der Waals surface area contributed by atoms with Gasteiger partial charge in [-0.05, 0) is 55.9 Å². The van der Waals surface area contributed by atoms with Crippen LogP contribution in [0, 0.1) is 31.6 Å². The molecule has 0 saturated heterocycles. The van der Waals surface area contributed by atoms with Crippen molar-refractivity contribution in [1.29, 1.82) is 0 Å². The van der Waals surface area contributed by atoms with Gasteiger partial charge in [-0.25, -0.2) is 0 Å². The number of aryl methyl sites for hydroxylation is 2. The number of anilines is 1. The maximum absolute atomic E-state index is 12.4. The SMILES string of the molecule is CCC1CC(C(=O)O)C(C(=O)Nc2ccc(C)c(C)c2)C1. The monoisotopic (exact) mass is 289 g/mol. The Kier molecular flexibility index (Phi) is 4.66. The Balaban J connectivity index is 2.11. The molecule has 0 spiro atoms. The first-order valence-corrected chi connectivity index (χ1v) is 7.53. The van der Waals surface area contributed by atoms with Gasteiger partial charge in [-0.2, -0.15) is 0 Å². The fourth-order valence-electron chi connectivity index (χ4n) is 3.09. The van der Waals surface area contributed by atoms with E-state index in [1.54, 1.807) is 0 Å². The van der Waals surface area contributed by atoms with E-state index in [2.05, 4.69) is 5.32 Å². The van der Waals surface area contributed by atoms with Gasteiger partial charge in [-0.1, -0.05) is 19.4 Å². The molecule has 1 aliphatic rings. The van der Waals surface area contributed by atoms with Gasteiger partial charge in [0, 0.05) is 5.69 Å². The van der Waals surface area contributed by atoms with Crippen LogP contribution >= 0.6 is 0 Å². The third-order valence-corrected chi connectivity index (χ3v) is 4.67. The summed E-state index contributed by atoms with van der Waals surface area (Å²) in [6.07, 6.45) is 2.21. The highest BCUT2D eigenvalue weighted by atomic mass is 16.4. The van der Waals surface area contributed by atoms with Gasteiger partial charge in [-0.15, -0.1) is 0 Å². The number of nitrogens with one attached hydrogen (secondary N) is 1. The Hall–Kier alpha value is -1.84. The molecule has 2 N–H and O–H groups in total. The van der Waals surface area contributed by atoms with E-state index < -0.39 is 17.8 Å². The standard InChI is InChI=1S/C17H23NO3/c1-4-12-8-14(15(9-12)17(20)21)16(19)18-13-6-5-10(2)11(3)7-13/h5-7,12,14-15H,4,8-9H2,1-3H3,(H,18,19)(H,20,21). The molecule has 114 valence electrons. The number of benzene rings is 1. The molecule has 21 heavy (non-hydrogen) atoms. The highest BCUT2D eigenvalue weighted by molar-refractivity contribution is 5.95. The minimum atomic E-state index is -0.855. The Morgan fingerprint density at radius 2 is 1.86 bits per heavy atom. The minimum absolute atomic E-state index is 0.165. The summed E-state index contributed by atoms with van der Waals surface area (Å²) in [7, 11) is 0. The molecule has 1 aromatic rings. The number of amides is 1. The van der Waals surface area contributed by atoms with E-state index in [4.69, 9.17) is 0 Å². The average molecular weight is 289 g/mol. The molecular weight excluding hydrogens is 266 g/mol. The highest BCUT2D eigenvalue weighted by Gasteiger charge is 2.42. The quantitative estimate of drug-likeness (QED) is 0.893. The van der Waals surface area contributed by atoms with Crippen LogP contribution in [0.2, 0.25) is 0 Å². The molecule has 1 saturated carbocycles. The topological polar surface area (TPSA) is 66.4 Å². The van der Waals surface area contributed by atoms with E-state index in [1.165, 1.54) is 5.56 Å². The van der Waals surface area contributed by atoms with E-state index >= 15 is 0 Å². The van der Waals surface area contributed by atoms with Crippen molar-refractivity contribution < 1.29 is 14.7 Å². The molecule has 1 aromatic carbocycles. The fourth-order valence-corrected chi connectivity index (χ4v) is 3.09. The van der Waals surface area contributed by atoms with Crippen molar-refractivity contribution >= 4 is 17.6 Å². The molecule has 0 aliphatic heterocycles. The number of hydrogen-bond donors (Lipinski definition) is 2. The summed E-state index contributed by atoms with van der Waals surface area (Å²) in [5.41, 5.74) is 3.02. The largest absolute Gasteiger partial charge is 0.481 e. The Labute approximate surface area is 125 Å². The molecular formula is C17H23NO3. The molecule has 0 bridgehead atoms. The maximum atomic E-state index is 12.4. The molecule has 0 heterocycles. The van der Waals surface area contributed by atoms with Gasteiger partial charge in [0.2, 0.25) is 5.91 Å². The molecule has 4 heteroatoms. The summed E-state index contributed by atoms with van der Waals surface area (Å²) < 4.78 is 0. The lowest BCUT2D eigenvalue weighted by molar-refractivity contribution is -0.145. The van der Waals surface area contributed by atoms with Crippen molar-refractivity contribution in [2.24, 2.45) is 17.8 Å². The van der Waals surface area contributed by atoms with Gasteiger partial charge in [0.15, 0.2) is 0 Å². The van der Waals surface area contributed by atoms with E-state index in [-0.39, 0.29) is 5.91 Å². The lowest BCUT2D eigenvalue weighted by Crippen LogP contribution is -2.30. The number of aliphatic carboxylic acids is 1. The molecule has 2 rings (SSSR count). The predicted molar refractivity (Wildman–Crippen MR) is 82.2 cm³/mol. The van der Waals surface area contributed by atoms with Crippen molar-refractivity contribution in [2.45, 2.75) is 40.0 Å². The van der Waals surface area contributed by atoms with Crippen LogP contribution in [0.3, 0.4) is 0 Å². The van der Waals surface area contributed by atoms with Crippen molar-refractivity contribution in [1.82, 2.24) is 0 Å². The predicted octanol–water partition coefficient (Wildman–Crippen LogP) is 3.38. The third-order valence-electron chi connectivity index (χ3n) is 4.67. The summed E-state index contributed by atoms with van der Waals surface area (Å²) in [5.74, 6) is -1.66. The fraction of sp³-hybridized carbons (Fsp3) is 0.529. The molecule has 1 aliphatic carbocycles. The smallest absolute Gasteiger partial charge is 0.307 e. The lowest BCUT2D eigenvalue weighted by Gasteiger charge is -2.16. The number of carbonyl (C=O) groups excluding carboxylic acids is 1. The van der Waals surface area contributed by atoms with Gasteiger partial charge in [0.05, 0.1) is 11.8 Å². The zero-order valence-electron chi connectivity index (χ0n) is 12.8. The van der Waals surface area contributed by atoms with Crippen molar-refractivity contribution in [3.63, 3.8) is 0 Å². The molecule has 4 nitrogen and oxygen atoms in total. The first-order valence-electron chi connectivity index (χ1n) is 7.53. The van der Waals surface area contributed by atoms with Crippen LogP contribution in [0.4, 0.5) is 5.69 Å². The van der Waals surface area contributed by atoms with Gasteiger partial charge >= 0.3 is 5.97 Å². The van der Waals surface area contributed by atoms with E-state index in [9.17, 15) is 14.7 Å². The number of carboxylic acid groups (broad SMARTS) is 1. The number of hydrogen-bond acceptors (Lipinski definition) is 2. The van der Waals surface area contributed by atoms with Crippen molar-refractivity contribution in [3.05, 3.63) is 29.3 Å². The van der Waals surface area contributed by atoms with E-state index in [0.717, 1.165) is 17.7 Å². The number of rotatable bonds is 4. The minimum Gasteiger partial charge on any atom is -0.481 e. The van der Waals surface area contributed by atoms with E-state index in [1.807, 2.05) is 39.0 Å². The first-order chi connectivity index (χ1) is 9.92. The van der Waals surface area contributed by atoms with Gasteiger partial charge < -0.3 is 10.4 Å². The second-order valence-corrected chi connectivity index (χ2v) is 6.09. The van der Waals surface area contributed by atoms with Gasteiger partial charge in [-0.3, -0.25) is 9.59 Å². The van der Waals surface area contributed by atoms with Crippen LogP contribution in [-0.2, 0) is 9.59 Å². The maximum Gasteiger partial charge on any atom is 0.307 e. The summed E-state index contributed by atoms with van der Waals surface area (Å²) in [5, 5.41) is 12.2. The van der Waals surface area contributed by atoms with Crippen LogP contribution < -0.4 is 5.32 Å². The second kappa shape index (κ2) is 6.29. The first kappa shape index (κ1) is 15.5. The molecule has 1 amide bonds.